The average Bonchev–Trinajstić information content (AvgIpc) is 3.82. The minimum Gasteiger partial charge on any atom is -0.461 e. The van der Waals surface area contributed by atoms with Crippen LogP contribution in [-0.2, 0) is 0 Å². The third-order valence-electron chi connectivity index (χ3n) is 14.3. The molecule has 1 aromatic heterocycles. The predicted molar refractivity (Wildman–Crippen MR) is 327 cm³/mol. The van der Waals surface area contributed by atoms with Gasteiger partial charge in [-0.25, -0.2) is 0 Å². The normalized spacial score (nSPS) is 14.7. The first-order valence-corrected chi connectivity index (χ1v) is 26.5. The van der Waals surface area contributed by atoms with Crippen LogP contribution in [0.25, 0.3) is 43.9 Å². The second-order valence-corrected chi connectivity index (χ2v) is 19.1. The highest BCUT2D eigenvalue weighted by Gasteiger charge is 2.29. The molecule has 12 rings (SSSR count). The van der Waals surface area contributed by atoms with E-state index in [2.05, 4.69) is 251 Å². The second-order valence-electron chi connectivity index (χ2n) is 19.1. The number of benzene rings is 8. The third-order valence-corrected chi connectivity index (χ3v) is 14.3. The Morgan fingerprint density at radius 3 is 2.07 bits per heavy atom. The number of pyridine rings is 1. The minimum atomic E-state index is 0.159. The van der Waals surface area contributed by atoms with E-state index >= 15 is 0 Å². The van der Waals surface area contributed by atoms with Crippen molar-refractivity contribution in [3.05, 3.63) is 296 Å². The molecule has 8 aromatic carbocycles. The molecule has 9 aromatic rings. The third kappa shape index (κ3) is 11.1. The van der Waals surface area contributed by atoms with Crippen LogP contribution in [0.5, 0.6) is 5.75 Å². The maximum absolute atomic E-state index is 5.42. The molecular weight excluding hydrogens is 923 g/mol. The molecule has 0 saturated heterocycles. The molecule has 3 heterocycles. The van der Waals surface area contributed by atoms with Gasteiger partial charge in [-0.3, -0.25) is 4.98 Å². The van der Waals surface area contributed by atoms with Crippen molar-refractivity contribution in [2.75, 3.05) is 10.2 Å². The molecule has 2 aliphatic heterocycles. The number of ether oxygens (including phenoxy) is 1. The van der Waals surface area contributed by atoms with E-state index < -0.39 is 0 Å². The van der Waals surface area contributed by atoms with Crippen LogP contribution in [0.15, 0.2) is 268 Å². The van der Waals surface area contributed by atoms with Crippen molar-refractivity contribution < 1.29 is 4.74 Å². The highest BCUT2D eigenvalue weighted by molar-refractivity contribution is 6.14. The summed E-state index contributed by atoms with van der Waals surface area (Å²) in [5, 5.41) is 7.37. The van der Waals surface area contributed by atoms with E-state index in [4.69, 9.17) is 4.74 Å². The van der Waals surface area contributed by atoms with Crippen molar-refractivity contribution in [3.63, 3.8) is 0 Å². The molecule has 0 fully saturated rings. The molecule has 4 nitrogen and oxygen atoms in total. The largest absolute Gasteiger partial charge is 0.461 e. The first-order chi connectivity index (χ1) is 37.3. The Balaban J connectivity index is 0.000000281. The summed E-state index contributed by atoms with van der Waals surface area (Å²) in [5.74, 6) is 2.33. The standard InChI is InChI=1S/C52H39N3.C10H10O.C6H10.C4H8/c1-3-42-46(36-14-6-4-7-15-36)31-38(32-47(42)45-33-48-44-19-10-11-21-50(44)54-51-22-12-20-43(34(45)2)52(48)51)35-23-25-40(26-24-35)55(39-17-8-5-9-18-39)41-27-28-49-37(30-41)16-13-29-53-49;1-7-8(2)11-10-6-4-3-5-9(7)10;1-3-5-6-4-2;1-3-4-2/h3-30,32-33,46,54H,1,31H2,2H3;3-7H,2H2,1H3;3,5-6H,1,4H2,2H3;3H,1,4H2,2H3/b;;6-5+;. The van der Waals surface area contributed by atoms with Crippen molar-refractivity contribution in [1.82, 2.24) is 4.98 Å². The number of anilines is 5. The van der Waals surface area contributed by atoms with Gasteiger partial charge in [-0.05, 0) is 149 Å². The van der Waals surface area contributed by atoms with Gasteiger partial charge in [0, 0.05) is 68.4 Å². The fraction of sp³-hybridized carbons (Fsp3) is 0.125. The van der Waals surface area contributed by atoms with E-state index in [1.165, 1.54) is 66.4 Å². The summed E-state index contributed by atoms with van der Waals surface area (Å²) in [4.78, 5) is 6.89. The van der Waals surface area contributed by atoms with Gasteiger partial charge in [0.1, 0.15) is 11.5 Å². The van der Waals surface area contributed by atoms with Gasteiger partial charge in [-0.2, -0.15) is 0 Å². The number of nitrogens with one attached hydrogen (secondary N) is 1. The molecule has 0 bridgehead atoms. The molecule has 0 saturated carbocycles. The van der Waals surface area contributed by atoms with Crippen LogP contribution < -0.4 is 15.0 Å². The van der Waals surface area contributed by atoms with E-state index in [0.29, 0.717) is 5.92 Å². The lowest BCUT2D eigenvalue weighted by molar-refractivity contribution is 0.435. The highest BCUT2D eigenvalue weighted by atomic mass is 16.5. The Morgan fingerprint density at radius 1 is 0.671 bits per heavy atom. The van der Waals surface area contributed by atoms with E-state index in [1.54, 1.807) is 6.08 Å². The molecule has 1 N–H and O–H groups in total. The Hall–Kier alpha value is -8.99. The topological polar surface area (TPSA) is 37.4 Å². The van der Waals surface area contributed by atoms with E-state index in [1.807, 2.05) is 42.6 Å². The first-order valence-electron chi connectivity index (χ1n) is 26.5. The van der Waals surface area contributed by atoms with Crippen LogP contribution in [0, 0.1) is 6.92 Å². The highest BCUT2D eigenvalue weighted by Crippen LogP contribution is 2.50. The lowest BCUT2D eigenvalue weighted by Crippen LogP contribution is -2.11. The Kier molecular flexibility index (Phi) is 16.6. The van der Waals surface area contributed by atoms with Crippen LogP contribution in [0.2, 0.25) is 0 Å². The minimum absolute atomic E-state index is 0.159. The number of nitrogens with zero attached hydrogens (tertiary/aromatic N) is 2. The number of para-hydroxylation sites is 3. The Labute approximate surface area is 450 Å². The Bertz CT molecular complexity index is 3640. The van der Waals surface area contributed by atoms with Gasteiger partial charge >= 0.3 is 0 Å². The fourth-order valence-corrected chi connectivity index (χ4v) is 10.3. The quantitative estimate of drug-likeness (QED) is 0.109. The Morgan fingerprint density at radius 2 is 1.36 bits per heavy atom. The van der Waals surface area contributed by atoms with E-state index in [-0.39, 0.29) is 5.92 Å². The number of rotatable bonds is 10. The predicted octanol–water partition coefficient (Wildman–Crippen LogP) is 20.5. The molecule has 2 atom stereocenters. The summed E-state index contributed by atoms with van der Waals surface area (Å²) < 4.78 is 5.42. The van der Waals surface area contributed by atoms with Gasteiger partial charge in [0.25, 0.3) is 0 Å². The zero-order valence-electron chi connectivity index (χ0n) is 44.3. The molecule has 0 spiro atoms. The molecule has 3 aliphatic rings. The number of fused-ring (bicyclic) bond motifs is 4. The first kappa shape index (κ1) is 51.9. The zero-order valence-corrected chi connectivity index (χ0v) is 44.3. The number of hydrogen-bond donors (Lipinski definition) is 1. The molecular formula is C72H67N3O. The molecule has 0 amide bonds. The van der Waals surface area contributed by atoms with Gasteiger partial charge in [0.15, 0.2) is 0 Å². The molecule has 2 unspecified atom stereocenters. The monoisotopic (exact) mass is 990 g/mol. The van der Waals surface area contributed by atoms with Crippen molar-refractivity contribution in [2.45, 2.75) is 58.8 Å². The van der Waals surface area contributed by atoms with Crippen LogP contribution in [0.4, 0.5) is 28.4 Å². The van der Waals surface area contributed by atoms with Crippen molar-refractivity contribution >= 4 is 61.3 Å². The van der Waals surface area contributed by atoms with Gasteiger partial charge < -0.3 is 15.0 Å². The average molecular weight is 990 g/mol. The van der Waals surface area contributed by atoms with Crippen LogP contribution >= 0.6 is 0 Å². The van der Waals surface area contributed by atoms with E-state index in [0.717, 1.165) is 70.1 Å². The number of hydrogen-bond acceptors (Lipinski definition) is 4. The zero-order chi connectivity index (χ0) is 53.0. The van der Waals surface area contributed by atoms with Crippen LogP contribution in [0.3, 0.4) is 0 Å². The number of aromatic nitrogens is 1. The molecule has 76 heavy (non-hydrogen) atoms. The second kappa shape index (κ2) is 24.4. The SMILES string of the molecule is C=C/C=C/CC.C=C1Oc2ccccc2C1C.C=CC1=C(c2cc3c4c(cccc4c2C)Nc2ccccc2-3)C=C(c2ccc(N(c3ccccc3)c3ccc4ncccc4c3)cc2)CC1c1ccccc1.C=CCC. The van der Waals surface area contributed by atoms with Crippen molar-refractivity contribution in [2.24, 2.45) is 0 Å². The summed E-state index contributed by atoms with van der Waals surface area (Å²) in [6.45, 7) is 23.8. The molecule has 376 valence electrons. The van der Waals surface area contributed by atoms with Gasteiger partial charge in [0.2, 0.25) is 0 Å². The van der Waals surface area contributed by atoms with Crippen LogP contribution in [-0.4, -0.2) is 4.98 Å². The maximum atomic E-state index is 5.42. The van der Waals surface area contributed by atoms with Gasteiger partial charge in [0.05, 0.1) is 5.52 Å². The van der Waals surface area contributed by atoms with Crippen molar-refractivity contribution in [3.8, 4) is 16.9 Å². The fourth-order valence-electron chi connectivity index (χ4n) is 10.3. The molecule has 4 heteroatoms. The lowest BCUT2D eigenvalue weighted by Gasteiger charge is -2.31. The summed E-state index contributed by atoms with van der Waals surface area (Å²) >= 11 is 0. The van der Waals surface area contributed by atoms with Crippen LogP contribution in [0.1, 0.15) is 79.7 Å². The van der Waals surface area contributed by atoms with Gasteiger partial charge in [-0.15, -0.1) is 6.58 Å². The summed E-state index contributed by atoms with van der Waals surface area (Å²) in [7, 11) is 0. The lowest BCUT2D eigenvalue weighted by atomic mass is 9.74. The maximum Gasteiger partial charge on any atom is 0.130 e. The van der Waals surface area contributed by atoms with E-state index in [9.17, 15) is 0 Å². The van der Waals surface area contributed by atoms with Crippen molar-refractivity contribution in [1.29, 1.82) is 0 Å². The molecule has 0 radical (unpaired) electrons. The summed E-state index contributed by atoms with van der Waals surface area (Å²) in [5.41, 5.74) is 19.2. The number of aryl methyl sites for hydroxylation is 1. The summed E-state index contributed by atoms with van der Waals surface area (Å²) in [6.07, 6.45) is 17.1. The van der Waals surface area contributed by atoms with Gasteiger partial charge in [-0.1, -0.05) is 192 Å². The smallest absolute Gasteiger partial charge is 0.130 e. The summed E-state index contributed by atoms with van der Waals surface area (Å²) in [6, 6.07) is 67.0. The molecule has 1 aliphatic carbocycles. The number of allylic oxidation sites excluding steroid dienone is 10.